The first-order valence-corrected chi connectivity index (χ1v) is 7.41. The summed E-state index contributed by atoms with van der Waals surface area (Å²) in [6.07, 6.45) is 0.584. The number of amides is 1. The van der Waals surface area contributed by atoms with Gasteiger partial charge in [0, 0.05) is 45.2 Å². The molecule has 0 bridgehead atoms. The highest BCUT2D eigenvalue weighted by atomic mass is 16.2. The van der Waals surface area contributed by atoms with Gasteiger partial charge in [0.15, 0.2) is 0 Å². The zero-order chi connectivity index (χ0) is 14.4. The number of carbonyl (C=O) groups excluding carboxylic acids is 1. The molecule has 1 saturated heterocycles. The van der Waals surface area contributed by atoms with Crippen molar-refractivity contribution in [3.8, 4) is 0 Å². The van der Waals surface area contributed by atoms with E-state index in [1.165, 1.54) is 5.56 Å². The molecule has 1 fully saturated rings. The Bertz CT molecular complexity index is 413. The van der Waals surface area contributed by atoms with Crippen LogP contribution >= 0.6 is 0 Å². The van der Waals surface area contributed by atoms with Gasteiger partial charge < -0.3 is 15.1 Å². The lowest BCUT2D eigenvalue weighted by Crippen LogP contribution is -2.47. The Balaban J connectivity index is 1.69. The topological polar surface area (TPSA) is 35.6 Å². The maximum atomic E-state index is 12.1. The molecule has 2 rings (SSSR count). The molecule has 1 amide bonds. The van der Waals surface area contributed by atoms with Gasteiger partial charge in [-0.2, -0.15) is 0 Å². The van der Waals surface area contributed by atoms with Crippen LogP contribution in [0.4, 0.5) is 0 Å². The molecule has 20 heavy (non-hydrogen) atoms. The zero-order valence-electron chi connectivity index (χ0n) is 12.5. The van der Waals surface area contributed by atoms with Crippen molar-refractivity contribution < 1.29 is 4.79 Å². The van der Waals surface area contributed by atoms with E-state index in [4.69, 9.17) is 0 Å². The maximum Gasteiger partial charge on any atom is 0.223 e. The monoisotopic (exact) mass is 275 g/mol. The molecule has 0 aromatic heterocycles. The molecule has 1 atom stereocenters. The van der Waals surface area contributed by atoms with Crippen LogP contribution in [0.5, 0.6) is 0 Å². The number of likely N-dealkylation sites (N-methyl/N-ethyl adjacent to an activating group) is 1. The summed E-state index contributed by atoms with van der Waals surface area (Å²) in [6, 6.07) is 10.6. The molecular formula is C16H25N3O. The lowest BCUT2D eigenvalue weighted by Gasteiger charge is -2.32. The number of nitrogens with zero attached hydrogens (tertiary/aromatic N) is 2. The van der Waals surface area contributed by atoms with Crippen LogP contribution in [0.25, 0.3) is 0 Å². The van der Waals surface area contributed by atoms with Crippen molar-refractivity contribution in [2.45, 2.75) is 19.4 Å². The Morgan fingerprint density at radius 1 is 1.20 bits per heavy atom. The molecule has 0 aliphatic carbocycles. The highest BCUT2D eigenvalue weighted by molar-refractivity contribution is 5.76. The summed E-state index contributed by atoms with van der Waals surface area (Å²) in [6.45, 7) is 6.57. The molecule has 0 radical (unpaired) electrons. The molecular weight excluding hydrogens is 250 g/mol. The van der Waals surface area contributed by atoms with Gasteiger partial charge in [0.1, 0.15) is 0 Å². The second kappa shape index (κ2) is 7.41. The van der Waals surface area contributed by atoms with E-state index in [0.717, 1.165) is 32.7 Å². The highest BCUT2D eigenvalue weighted by Gasteiger charge is 2.18. The van der Waals surface area contributed by atoms with Gasteiger partial charge >= 0.3 is 0 Å². The van der Waals surface area contributed by atoms with Gasteiger partial charge in [-0.3, -0.25) is 4.79 Å². The first kappa shape index (κ1) is 15.0. The van der Waals surface area contributed by atoms with Crippen LogP contribution in [0.3, 0.4) is 0 Å². The van der Waals surface area contributed by atoms with Crippen LogP contribution in [0.15, 0.2) is 30.3 Å². The Morgan fingerprint density at radius 2 is 1.85 bits per heavy atom. The first-order valence-electron chi connectivity index (χ1n) is 7.41. The average molecular weight is 275 g/mol. The molecule has 0 spiro atoms. The van der Waals surface area contributed by atoms with Crippen molar-refractivity contribution in [2.24, 2.45) is 0 Å². The third-order valence-corrected chi connectivity index (χ3v) is 3.94. The smallest absolute Gasteiger partial charge is 0.223 e. The predicted octanol–water partition coefficient (Wildman–Crippen LogP) is 1.50. The van der Waals surface area contributed by atoms with Crippen LogP contribution in [-0.4, -0.2) is 55.5 Å². The van der Waals surface area contributed by atoms with Crippen molar-refractivity contribution >= 4 is 5.91 Å². The van der Waals surface area contributed by atoms with Crippen molar-refractivity contribution in [3.63, 3.8) is 0 Å². The fraction of sp³-hybridized carbons (Fsp3) is 0.562. The van der Waals surface area contributed by atoms with E-state index in [9.17, 15) is 4.79 Å². The number of piperazine rings is 1. The molecule has 1 aromatic rings. The van der Waals surface area contributed by atoms with E-state index in [1.807, 2.05) is 23.1 Å². The summed E-state index contributed by atoms with van der Waals surface area (Å²) in [4.78, 5) is 16.3. The largest absolute Gasteiger partial charge is 0.340 e. The van der Waals surface area contributed by atoms with Crippen molar-refractivity contribution in [2.75, 3.05) is 39.8 Å². The Kier molecular flexibility index (Phi) is 5.56. The SMILES string of the molecule is CC(NCCC(=O)N1CCN(C)CC1)c1ccccc1. The van der Waals surface area contributed by atoms with Crippen molar-refractivity contribution in [3.05, 3.63) is 35.9 Å². The first-order chi connectivity index (χ1) is 9.66. The fourth-order valence-corrected chi connectivity index (χ4v) is 2.47. The molecule has 0 saturated carbocycles. The Morgan fingerprint density at radius 3 is 2.50 bits per heavy atom. The van der Waals surface area contributed by atoms with E-state index in [0.29, 0.717) is 6.42 Å². The standard InChI is InChI=1S/C16H25N3O/c1-14(15-6-4-3-5-7-15)17-9-8-16(20)19-12-10-18(2)11-13-19/h3-7,14,17H,8-13H2,1-2H3. The van der Waals surface area contributed by atoms with Crippen LogP contribution in [-0.2, 0) is 4.79 Å². The lowest BCUT2D eigenvalue weighted by molar-refractivity contribution is -0.132. The molecule has 4 nitrogen and oxygen atoms in total. The van der Waals surface area contributed by atoms with Crippen LogP contribution in [0.2, 0.25) is 0 Å². The van der Waals surface area contributed by atoms with Crippen molar-refractivity contribution in [1.29, 1.82) is 0 Å². The van der Waals surface area contributed by atoms with E-state index >= 15 is 0 Å². The highest BCUT2D eigenvalue weighted by Crippen LogP contribution is 2.11. The van der Waals surface area contributed by atoms with Gasteiger partial charge in [-0.15, -0.1) is 0 Å². The van der Waals surface area contributed by atoms with Crippen LogP contribution < -0.4 is 5.32 Å². The fourth-order valence-electron chi connectivity index (χ4n) is 2.47. The molecule has 1 aliphatic rings. The molecule has 1 heterocycles. The third kappa shape index (κ3) is 4.32. The normalized spacial score (nSPS) is 18.0. The number of hydrogen-bond donors (Lipinski definition) is 1. The number of rotatable bonds is 5. The van der Waals surface area contributed by atoms with Gasteiger partial charge in [-0.1, -0.05) is 30.3 Å². The molecule has 1 aliphatic heterocycles. The minimum Gasteiger partial charge on any atom is -0.340 e. The van der Waals surface area contributed by atoms with E-state index in [-0.39, 0.29) is 11.9 Å². The number of benzene rings is 1. The third-order valence-electron chi connectivity index (χ3n) is 3.94. The average Bonchev–Trinajstić information content (AvgIpc) is 2.48. The molecule has 4 heteroatoms. The quantitative estimate of drug-likeness (QED) is 0.884. The summed E-state index contributed by atoms with van der Waals surface area (Å²) >= 11 is 0. The molecule has 1 unspecified atom stereocenters. The number of nitrogens with one attached hydrogen (secondary N) is 1. The van der Waals surface area contributed by atoms with Gasteiger partial charge in [-0.25, -0.2) is 0 Å². The van der Waals surface area contributed by atoms with E-state index in [1.54, 1.807) is 0 Å². The predicted molar refractivity (Wildman–Crippen MR) is 81.6 cm³/mol. The van der Waals surface area contributed by atoms with Crippen LogP contribution in [0.1, 0.15) is 24.9 Å². The second-order valence-electron chi connectivity index (χ2n) is 5.52. The van der Waals surface area contributed by atoms with Gasteiger partial charge in [0.25, 0.3) is 0 Å². The Labute approximate surface area is 121 Å². The summed E-state index contributed by atoms with van der Waals surface area (Å²) in [7, 11) is 2.10. The molecule has 1 aromatic carbocycles. The number of carbonyl (C=O) groups is 1. The van der Waals surface area contributed by atoms with E-state index < -0.39 is 0 Å². The summed E-state index contributed by atoms with van der Waals surface area (Å²) in [5, 5.41) is 3.42. The minimum atomic E-state index is 0.269. The maximum absolute atomic E-state index is 12.1. The summed E-state index contributed by atoms with van der Waals surface area (Å²) < 4.78 is 0. The summed E-state index contributed by atoms with van der Waals surface area (Å²) in [5.41, 5.74) is 1.26. The van der Waals surface area contributed by atoms with Gasteiger partial charge in [-0.05, 0) is 19.5 Å². The second-order valence-corrected chi connectivity index (χ2v) is 5.52. The van der Waals surface area contributed by atoms with Gasteiger partial charge in [0.05, 0.1) is 0 Å². The van der Waals surface area contributed by atoms with Crippen molar-refractivity contribution in [1.82, 2.24) is 15.1 Å². The minimum absolute atomic E-state index is 0.269. The summed E-state index contributed by atoms with van der Waals surface area (Å²) in [5.74, 6) is 0.269. The molecule has 110 valence electrons. The number of hydrogen-bond acceptors (Lipinski definition) is 3. The van der Waals surface area contributed by atoms with E-state index in [2.05, 4.69) is 36.3 Å². The van der Waals surface area contributed by atoms with Crippen LogP contribution in [0, 0.1) is 0 Å². The Hall–Kier alpha value is -1.39. The van der Waals surface area contributed by atoms with Gasteiger partial charge in [0.2, 0.25) is 5.91 Å². The lowest BCUT2D eigenvalue weighted by atomic mass is 10.1. The molecule has 1 N–H and O–H groups in total. The zero-order valence-corrected chi connectivity index (χ0v) is 12.5.